The predicted octanol–water partition coefficient (Wildman–Crippen LogP) is 4.81. The number of halogens is 1. The van der Waals surface area contributed by atoms with Crippen LogP contribution < -0.4 is 0 Å². The molecule has 0 aliphatic rings. The fourth-order valence-electron chi connectivity index (χ4n) is 1.67. The Morgan fingerprint density at radius 1 is 1.29 bits per heavy atom. The third-order valence-corrected chi connectivity index (χ3v) is 3.00. The summed E-state index contributed by atoms with van der Waals surface area (Å²) < 4.78 is 0. The molecule has 0 aliphatic carbocycles. The molecule has 1 aromatic carbocycles. The van der Waals surface area contributed by atoms with Gasteiger partial charge in [-0.15, -0.1) is 0 Å². The van der Waals surface area contributed by atoms with Crippen molar-refractivity contribution in [1.82, 2.24) is 0 Å². The van der Waals surface area contributed by atoms with E-state index in [1.165, 1.54) is 24.8 Å². The van der Waals surface area contributed by atoms with Gasteiger partial charge >= 0.3 is 0 Å². The quantitative estimate of drug-likeness (QED) is 0.669. The summed E-state index contributed by atoms with van der Waals surface area (Å²) in [6.45, 7) is 6.80. The second-order valence-corrected chi connectivity index (χ2v) is 4.93. The lowest BCUT2D eigenvalue weighted by molar-refractivity contribution is 0.458. The van der Waals surface area contributed by atoms with E-state index in [2.05, 4.69) is 32.9 Å². The van der Waals surface area contributed by atoms with E-state index in [1.54, 1.807) is 0 Å². The number of hydrogen-bond donors (Lipinski definition) is 0. The first-order chi connectivity index (χ1) is 6.56. The van der Waals surface area contributed by atoms with E-state index in [4.69, 9.17) is 11.6 Å². The number of benzene rings is 1. The molecule has 0 saturated heterocycles. The summed E-state index contributed by atoms with van der Waals surface area (Å²) in [6.07, 6.45) is 3.76. The highest BCUT2D eigenvalue weighted by Gasteiger charge is 2.19. The first-order valence-electron chi connectivity index (χ1n) is 5.32. The summed E-state index contributed by atoms with van der Waals surface area (Å²) in [5, 5.41) is 0.840. The van der Waals surface area contributed by atoms with Crippen molar-refractivity contribution in [2.75, 3.05) is 0 Å². The maximum atomic E-state index is 5.98. The maximum absolute atomic E-state index is 5.98. The van der Waals surface area contributed by atoms with E-state index in [0.717, 1.165) is 5.02 Å². The summed E-state index contributed by atoms with van der Waals surface area (Å²) in [4.78, 5) is 0. The third kappa shape index (κ3) is 3.02. The van der Waals surface area contributed by atoms with Crippen molar-refractivity contribution >= 4 is 11.6 Å². The van der Waals surface area contributed by atoms with Crippen LogP contribution in [0.15, 0.2) is 24.3 Å². The molecule has 0 saturated carbocycles. The zero-order valence-electron chi connectivity index (χ0n) is 9.31. The highest BCUT2D eigenvalue weighted by molar-refractivity contribution is 6.30. The van der Waals surface area contributed by atoms with Gasteiger partial charge in [0, 0.05) is 5.02 Å². The number of hydrogen-bond acceptors (Lipinski definition) is 0. The van der Waals surface area contributed by atoms with Crippen LogP contribution in [0.5, 0.6) is 0 Å². The third-order valence-electron chi connectivity index (χ3n) is 2.76. The molecule has 0 aliphatic heterocycles. The van der Waals surface area contributed by atoms with Crippen LogP contribution in [0, 0.1) is 0 Å². The molecule has 0 unspecified atom stereocenters. The van der Waals surface area contributed by atoms with Crippen molar-refractivity contribution < 1.29 is 0 Å². The van der Waals surface area contributed by atoms with E-state index < -0.39 is 0 Å². The molecule has 14 heavy (non-hydrogen) atoms. The molecule has 1 rings (SSSR count). The van der Waals surface area contributed by atoms with Gasteiger partial charge in [0.25, 0.3) is 0 Å². The van der Waals surface area contributed by atoms with Gasteiger partial charge in [0.2, 0.25) is 0 Å². The van der Waals surface area contributed by atoms with Crippen LogP contribution in [-0.4, -0.2) is 0 Å². The molecule has 1 heteroatoms. The molecule has 0 fully saturated rings. The molecule has 0 atom stereocenters. The molecule has 0 nitrogen and oxygen atoms in total. The van der Waals surface area contributed by atoms with Crippen LogP contribution in [0.3, 0.4) is 0 Å². The lowest BCUT2D eigenvalue weighted by atomic mass is 9.80. The summed E-state index contributed by atoms with van der Waals surface area (Å²) in [7, 11) is 0. The first kappa shape index (κ1) is 11.6. The second-order valence-electron chi connectivity index (χ2n) is 4.50. The second kappa shape index (κ2) is 4.84. The van der Waals surface area contributed by atoms with Gasteiger partial charge in [0.1, 0.15) is 0 Å². The van der Waals surface area contributed by atoms with Crippen LogP contribution in [0.25, 0.3) is 0 Å². The van der Waals surface area contributed by atoms with Crippen LogP contribution in [0.2, 0.25) is 5.02 Å². The van der Waals surface area contributed by atoms with Crippen molar-refractivity contribution in [3.05, 3.63) is 34.9 Å². The van der Waals surface area contributed by atoms with Crippen molar-refractivity contribution in [2.45, 2.75) is 45.4 Å². The minimum Gasteiger partial charge on any atom is -0.0843 e. The normalized spacial score (nSPS) is 11.7. The lowest BCUT2D eigenvalue weighted by Crippen LogP contribution is -2.16. The molecule has 0 spiro atoms. The summed E-state index contributed by atoms with van der Waals surface area (Å²) in [5.74, 6) is 0. The topological polar surface area (TPSA) is 0 Å². The molecular weight excluding hydrogens is 192 g/mol. The monoisotopic (exact) mass is 210 g/mol. The van der Waals surface area contributed by atoms with Gasteiger partial charge in [0.05, 0.1) is 0 Å². The van der Waals surface area contributed by atoms with E-state index >= 15 is 0 Å². The Bertz CT molecular complexity index is 289. The SMILES string of the molecule is CCCCC(C)(C)c1cccc(Cl)c1. The Labute approximate surface area is 92.3 Å². The standard InChI is InChI=1S/C13H19Cl/c1-4-5-9-13(2,3)11-7-6-8-12(14)10-11/h6-8,10H,4-5,9H2,1-3H3. The van der Waals surface area contributed by atoms with Gasteiger partial charge < -0.3 is 0 Å². The Morgan fingerprint density at radius 2 is 2.00 bits per heavy atom. The minimum atomic E-state index is 0.251. The Morgan fingerprint density at radius 3 is 2.57 bits per heavy atom. The molecule has 0 bridgehead atoms. The van der Waals surface area contributed by atoms with E-state index in [0.29, 0.717) is 0 Å². The van der Waals surface area contributed by atoms with Crippen LogP contribution in [0.1, 0.15) is 45.6 Å². The van der Waals surface area contributed by atoms with E-state index in [9.17, 15) is 0 Å². The first-order valence-corrected chi connectivity index (χ1v) is 5.70. The van der Waals surface area contributed by atoms with Crippen molar-refractivity contribution in [1.29, 1.82) is 0 Å². The zero-order chi connectivity index (χ0) is 10.6. The Hall–Kier alpha value is -0.490. The maximum Gasteiger partial charge on any atom is 0.0408 e. The molecule has 0 amide bonds. The van der Waals surface area contributed by atoms with Gasteiger partial charge in [-0.2, -0.15) is 0 Å². The Balaban J connectivity index is 2.80. The van der Waals surface area contributed by atoms with Crippen molar-refractivity contribution in [3.8, 4) is 0 Å². The molecule has 1 aromatic rings. The van der Waals surface area contributed by atoms with Crippen molar-refractivity contribution in [2.24, 2.45) is 0 Å². The largest absolute Gasteiger partial charge is 0.0843 e. The highest BCUT2D eigenvalue weighted by atomic mass is 35.5. The van der Waals surface area contributed by atoms with Gasteiger partial charge in [-0.05, 0) is 29.5 Å². The zero-order valence-corrected chi connectivity index (χ0v) is 10.1. The summed E-state index contributed by atoms with van der Waals surface area (Å²) >= 11 is 5.98. The smallest absolute Gasteiger partial charge is 0.0408 e. The molecule has 78 valence electrons. The summed E-state index contributed by atoms with van der Waals surface area (Å²) in [6, 6.07) is 8.21. The fraction of sp³-hybridized carbons (Fsp3) is 0.538. The van der Waals surface area contributed by atoms with Crippen LogP contribution in [0.4, 0.5) is 0 Å². The molecule has 0 N–H and O–H groups in total. The molecular formula is C13H19Cl. The van der Waals surface area contributed by atoms with Crippen LogP contribution in [-0.2, 0) is 5.41 Å². The number of rotatable bonds is 4. The predicted molar refractivity (Wildman–Crippen MR) is 64.0 cm³/mol. The van der Waals surface area contributed by atoms with Gasteiger partial charge in [-0.3, -0.25) is 0 Å². The molecule has 0 heterocycles. The molecule has 0 radical (unpaired) electrons. The van der Waals surface area contributed by atoms with Gasteiger partial charge in [-0.25, -0.2) is 0 Å². The van der Waals surface area contributed by atoms with E-state index in [1.807, 2.05) is 12.1 Å². The average molecular weight is 211 g/mol. The average Bonchev–Trinajstić information content (AvgIpc) is 2.15. The fourth-order valence-corrected chi connectivity index (χ4v) is 1.86. The Kier molecular flexibility index (Phi) is 4.00. The lowest BCUT2D eigenvalue weighted by Gasteiger charge is -2.25. The minimum absolute atomic E-state index is 0.251. The van der Waals surface area contributed by atoms with E-state index in [-0.39, 0.29) is 5.41 Å². The number of unbranched alkanes of at least 4 members (excludes halogenated alkanes) is 1. The van der Waals surface area contributed by atoms with Crippen molar-refractivity contribution in [3.63, 3.8) is 0 Å². The van der Waals surface area contributed by atoms with Gasteiger partial charge in [0.15, 0.2) is 0 Å². The van der Waals surface area contributed by atoms with Crippen LogP contribution >= 0.6 is 11.6 Å². The highest BCUT2D eigenvalue weighted by Crippen LogP contribution is 2.30. The van der Waals surface area contributed by atoms with Gasteiger partial charge in [-0.1, -0.05) is 57.3 Å². The molecule has 0 aromatic heterocycles. The summed E-state index contributed by atoms with van der Waals surface area (Å²) in [5.41, 5.74) is 1.60.